The summed E-state index contributed by atoms with van der Waals surface area (Å²) in [6.07, 6.45) is 3.45. The number of allylic oxidation sites excluding steroid dienone is 1. The number of likely N-dealkylation sites (N-methyl/N-ethyl adjacent to an activating group) is 1. The fourth-order valence-corrected chi connectivity index (χ4v) is 3.04. The number of rotatable bonds is 9. The molecule has 1 atom stereocenters. The molecule has 29 heavy (non-hydrogen) atoms. The highest BCUT2D eigenvalue weighted by Gasteiger charge is 2.35. The molecule has 0 aliphatic rings. The molecule has 0 heterocycles. The quantitative estimate of drug-likeness (QED) is 0.278. The van der Waals surface area contributed by atoms with Crippen molar-refractivity contribution in [2.75, 3.05) is 33.1 Å². The molecule has 2 aromatic carbocycles. The zero-order valence-electron chi connectivity index (χ0n) is 18.2. The van der Waals surface area contributed by atoms with Gasteiger partial charge in [-0.15, -0.1) is 0 Å². The molecule has 0 bridgehead atoms. The number of ketones is 1. The molecule has 0 aromatic heterocycles. The van der Waals surface area contributed by atoms with E-state index in [2.05, 4.69) is 58.3 Å². The summed E-state index contributed by atoms with van der Waals surface area (Å²) in [6, 6.07) is 18.6. The minimum absolute atomic E-state index is 0.0863. The molecular formula is C24H31N3O2. The standard InChI is InChI=1S/C24H31N3O2/c1-19(28)16-17-29-25-23(21-12-14-22(15-13-21)26(3)4)24(2,27(5)6)18-20-10-8-7-9-11-20/h7-17H,18H2,1-6H3/b17-16-,25-23-. The van der Waals surface area contributed by atoms with Gasteiger partial charge < -0.3 is 9.74 Å². The van der Waals surface area contributed by atoms with E-state index in [9.17, 15) is 4.79 Å². The van der Waals surface area contributed by atoms with Gasteiger partial charge >= 0.3 is 0 Å². The predicted octanol–water partition coefficient (Wildman–Crippen LogP) is 4.14. The molecule has 5 heteroatoms. The van der Waals surface area contributed by atoms with Crippen LogP contribution in [0.2, 0.25) is 0 Å². The van der Waals surface area contributed by atoms with E-state index in [1.807, 2.05) is 46.4 Å². The fourth-order valence-electron chi connectivity index (χ4n) is 3.04. The van der Waals surface area contributed by atoms with Crippen LogP contribution >= 0.6 is 0 Å². The van der Waals surface area contributed by atoms with Crippen LogP contribution in [0.15, 0.2) is 72.1 Å². The third kappa shape index (κ3) is 6.03. The molecule has 0 saturated heterocycles. The van der Waals surface area contributed by atoms with Crippen LogP contribution in [0, 0.1) is 0 Å². The largest absolute Gasteiger partial charge is 0.378 e. The van der Waals surface area contributed by atoms with Crippen LogP contribution in [-0.4, -0.2) is 50.1 Å². The van der Waals surface area contributed by atoms with Crippen molar-refractivity contribution < 1.29 is 9.63 Å². The number of carbonyl (C=O) groups excluding carboxylic acids is 1. The molecule has 0 fully saturated rings. The monoisotopic (exact) mass is 393 g/mol. The topological polar surface area (TPSA) is 45.1 Å². The average Bonchev–Trinajstić information content (AvgIpc) is 2.68. The van der Waals surface area contributed by atoms with E-state index in [0.717, 1.165) is 23.4 Å². The zero-order valence-corrected chi connectivity index (χ0v) is 18.2. The van der Waals surface area contributed by atoms with Crippen molar-refractivity contribution in [3.8, 4) is 0 Å². The summed E-state index contributed by atoms with van der Waals surface area (Å²) >= 11 is 0. The van der Waals surface area contributed by atoms with Crippen LogP contribution in [0.4, 0.5) is 5.69 Å². The number of carbonyl (C=O) groups is 1. The first kappa shape index (κ1) is 22.4. The van der Waals surface area contributed by atoms with E-state index in [1.54, 1.807) is 0 Å². The Kier molecular flexibility index (Phi) is 7.74. The van der Waals surface area contributed by atoms with Crippen molar-refractivity contribution in [2.45, 2.75) is 25.8 Å². The van der Waals surface area contributed by atoms with Crippen molar-refractivity contribution in [1.29, 1.82) is 0 Å². The summed E-state index contributed by atoms with van der Waals surface area (Å²) in [4.78, 5) is 20.8. The number of oxime groups is 1. The molecule has 0 amide bonds. The van der Waals surface area contributed by atoms with Gasteiger partial charge in [0.1, 0.15) is 12.0 Å². The number of hydrogen-bond acceptors (Lipinski definition) is 5. The minimum Gasteiger partial charge on any atom is -0.378 e. The first-order chi connectivity index (χ1) is 13.7. The first-order valence-corrected chi connectivity index (χ1v) is 9.64. The highest BCUT2D eigenvalue weighted by Crippen LogP contribution is 2.26. The highest BCUT2D eigenvalue weighted by atomic mass is 16.6. The molecule has 0 spiro atoms. The second kappa shape index (κ2) is 10.0. The van der Waals surface area contributed by atoms with Crippen molar-refractivity contribution in [3.05, 3.63) is 78.1 Å². The number of hydrogen-bond donors (Lipinski definition) is 0. The van der Waals surface area contributed by atoms with Crippen LogP contribution in [-0.2, 0) is 16.1 Å². The van der Waals surface area contributed by atoms with Crippen LogP contribution < -0.4 is 4.90 Å². The summed E-state index contributed by atoms with van der Waals surface area (Å²) in [5.74, 6) is -0.0863. The predicted molar refractivity (Wildman–Crippen MR) is 120 cm³/mol. The Balaban J connectivity index is 2.49. The first-order valence-electron chi connectivity index (χ1n) is 9.64. The number of nitrogens with zero attached hydrogens (tertiary/aromatic N) is 3. The summed E-state index contributed by atoms with van der Waals surface area (Å²) in [7, 11) is 8.11. The molecule has 0 saturated carbocycles. The molecule has 2 rings (SSSR count). The maximum absolute atomic E-state index is 11.2. The molecule has 154 valence electrons. The van der Waals surface area contributed by atoms with Gasteiger partial charge in [0.25, 0.3) is 0 Å². The molecule has 0 aliphatic heterocycles. The maximum atomic E-state index is 11.2. The third-order valence-corrected chi connectivity index (χ3v) is 5.05. The number of benzene rings is 2. The van der Waals surface area contributed by atoms with Crippen molar-refractivity contribution >= 4 is 17.2 Å². The second-order valence-electron chi connectivity index (χ2n) is 7.73. The summed E-state index contributed by atoms with van der Waals surface area (Å²) in [6.45, 7) is 3.63. The normalized spacial score (nSPS) is 14.1. The van der Waals surface area contributed by atoms with Gasteiger partial charge in [-0.05, 0) is 52.1 Å². The Morgan fingerprint density at radius 3 is 2.17 bits per heavy atom. The smallest absolute Gasteiger partial charge is 0.155 e. The van der Waals surface area contributed by atoms with Crippen molar-refractivity contribution in [1.82, 2.24) is 4.90 Å². The van der Waals surface area contributed by atoms with Gasteiger partial charge in [-0.1, -0.05) is 47.6 Å². The van der Waals surface area contributed by atoms with Gasteiger partial charge in [0.2, 0.25) is 0 Å². The van der Waals surface area contributed by atoms with E-state index >= 15 is 0 Å². The van der Waals surface area contributed by atoms with E-state index in [4.69, 9.17) is 4.84 Å². The van der Waals surface area contributed by atoms with Gasteiger partial charge in [-0.2, -0.15) is 0 Å². The fraction of sp³-hybridized carbons (Fsp3) is 0.333. The third-order valence-electron chi connectivity index (χ3n) is 5.05. The van der Waals surface area contributed by atoms with E-state index in [1.165, 1.54) is 24.8 Å². The van der Waals surface area contributed by atoms with Gasteiger partial charge in [-0.25, -0.2) is 0 Å². The summed E-state index contributed by atoms with van der Waals surface area (Å²) < 4.78 is 0. The van der Waals surface area contributed by atoms with Crippen LogP contribution in [0.25, 0.3) is 0 Å². The molecule has 0 aliphatic carbocycles. The van der Waals surface area contributed by atoms with Gasteiger partial charge in [0.05, 0.1) is 5.54 Å². The molecule has 1 unspecified atom stereocenters. The van der Waals surface area contributed by atoms with Gasteiger partial charge in [0.15, 0.2) is 5.78 Å². The Labute approximate surface area is 174 Å². The Morgan fingerprint density at radius 2 is 1.66 bits per heavy atom. The zero-order chi connectivity index (χ0) is 21.4. The number of anilines is 1. The van der Waals surface area contributed by atoms with Gasteiger partial charge in [-0.3, -0.25) is 9.69 Å². The SMILES string of the molecule is CC(=O)/C=C\O/N=C(/c1ccc(N(C)C)cc1)C(C)(Cc1ccccc1)N(C)C. The lowest BCUT2D eigenvalue weighted by molar-refractivity contribution is -0.112. The molecule has 5 nitrogen and oxygen atoms in total. The minimum atomic E-state index is -0.426. The lowest BCUT2D eigenvalue weighted by Crippen LogP contribution is -2.50. The van der Waals surface area contributed by atoms with Crippen molar-refractivity contribution in [2.24, 2.45) is 5.16 Å². The summed E-state index contributed by atoms with van der Waals surface area (Å²) in [5.41, 5.74) is 3.66. The average molecular weight is 394 g/mol. The van der Waals surface area contributed by atoms with E-state index < -0.39 is 5.54 Å². The van der Waals surface area contributed by atoms with Crippen LogP contribution in [0.1, 0.15) is 25.0 Å². The molecule has 0 N–H and O–H groups in total. The summed E-state index contributed by atoms with van der Waals surface area (Å²) in [5, 5.41) is 4.45. The lowest BCUT2D eigenvalue weighted by Gasteiger charge is -2.37. The van der Waals surface area contributed by atoms with Crippen LogP contribution in [0.5, 0.6) is 0 Å². The van der Waals surface area contributed by atoms with Crippen molar-refractivity contribution in [3.63, 3.8) is 0 Å². The second-order valence-corrected chi connectivity index (χ2v) is 7.73. The molecular weight excluding hydrogens is 362 g/mol. The van der Waals surface area contributed by atoms with E-state index in [0.29, 0.717) is 0 Å². The molecule has 2 aromatic rings. The van der Waals surface area contributed by atoms with Crippen LogP contribution in [0.3, 0.4) is 0 Å². The Morgan fingerprint density at radius 1 is 1.03 bits per heavy atom. The molecule has 0 radical (unpaired) electrons. The van der Waals surface area contributed by atoms with E-state index in [-0.39, 0.29) is 5.78 Å². The Hall–Kier alpha value is -2.92. The maximum Gasteiger partial charge on any atom is 0.155 e. The lowest BCUT2D eigenvalue weighted by atomic mass is 9.83. The highest BCUT2D eigenvalue weighted by molar-refractivity contribution is 6.07. The Bertz CT molecular complexity index is 855. The van der Waals surface area contributed by atoms with Gasteiger partial charge in [0, 0.05) is 31.4 Å².